The van der Waals surface area contributed by atoms with Crippen LogP contribution in [0.2, 0.25) is 0 Å². The molecular formula is C18H16FN5O2S2. The second kappa shape index (κ2) is 7.43. The van der Waals surface area contributed by atoms with Crippen LogP contribution in [-0.4, -0.2) is 48.9 Å². The zero-order valence-electron chi connectivity index (χ0n) is 14.7. The molecule has 3 aromatic rings. The number of piperazine rings is 1. The van der Waals surface area contributed by atoms with Crippen molar-refractivity contribution in [2.45, 2.75) is 5.75 Å². The number of rotatable bonds is 4. The van der Waals surface area contributed by atoms with Crippen molar-refractivity contribution in [2.24, 2.45) is 0 Å². The lowest BCUT2D eigenvalue weighted by atomic mass is 10.1. The van der Waals surface area contributed by atoms with Gasteiger partial charge >= 0.3 is 0 Å². The van der Waals surface area contributed by atoms with Gasteiger partial charge in [-0.15, -0.1) is 11.3 Å². The van der Waals surface area contributed by atoms with Crippen LogP contribution in [0.1, 0.15) is 11.1 Å². The predicted molar refractivity (Wildman–Crippen MR) is 105 cm³/mol. The van der Waals surface area contributed by atoms with Gasteiger partial charge in [-0.2, -0.15) is 9.57 Å². The molecule has 3 heterocycles. The van der Waals surface area contributed by atoms with Gasteiger partial charge in [0.1, 0.15) is 18.0 Å². The number of aromatic nitrogens is 2. The summed E-state index contributed by atoms with van der Waals surface area (Å²) in [6.07, 6.45) is 1.52. The molecule has 28 heavy (non-hydrogen) atoms. The van der Waals surface area contributed by atoms with Crippen LogP contribution < -0.4 is 4.90 Å². The highest BCUT2D eigenvalue weighted by Gasteiger charge is 2.29. The average molecular weight is 417 g/mol. The van der Waals surface area contributed by atoms with Crippen LogP contribution in [0.3, 0.4) is 0 Å². The molecule has 4 rings (SSSR count). The van der Waals surface area contributed by atoms with Crippen LogP contribution in [0.4, 0.5) is 10.2 Å². The Bertz CT molecular complexity index is 1160. The number of hydrogen-bond acceptors (Lipinski definition) is 7. The van der Waals surface area contributed by atoms with Gasteiger partial charge in [-0.1, -0.05) is 6.07 Å². The molecule has 144 valence electrons. The fourth-order valence-electron chi connectivity index (χ4n) is 3.20. The molecule has 0 bridgehead atoms. The number of nitrogens with zero attached hydrogens (tertiary/aromatic N) is 5. The lowest BCUT2D eigenvalue weighted by Gasteiger charge is -2.34. The standard InChI is InChI=1S/C18H16FN5O2S2/c19-15-9-13(10-20)1-2-14(15)11-28(25,26)24-6-4-23(5-7-24)18-17-16(3-8-27-17)21-12-22-18/h1-3,8-9,12H,4-7,11H2. The minimum atomic E-state index is -3.66. The molecular weight excluding hydrogens is 401 g/mol. The van der Waals surface area contributed by atoms with Gasteiger partial charge in [0.05, 0.1) is 27.6 Å². The fraction of sp³-hybridized carbons (Fsp3) is 0.278. The maximum atomic E-state index is 14.1. The van der Waals surface area contributed by atoms with Crippen molar-refractivity contribution in [1.82, 2.24) is 14.3 Å². The molecule has 0 spiro atoms. The Labute approximate surface area is 165 Å². The molecule has 1 aliphatic heterocycles. The topological polar surface area (TPSA) is 90.2 Å². The Kier molecular flexibility index (Phi) is 4.97. The molecule has 1 saturated heterocycles. The van der Waals surface area contributed by atoms with E-state index in [0.29, 0.717) is 26.2 Å². The molecule has 0 atom stereocenters. The highest BCUT2D eigenvalue weighted by Crippen LogP contribution is 2.29. The number of fused-ring (bicyclic) bond motifs is 1. The third kappa shape index (κ3) is 3.56. The van der Waals surface area contributed by atoms with Crippen LogP contribution in [0.5, 0.6) is 0 Å². The van der Waals surface area contributed by atoms with Gasteiger partial charge in [0.15, 0.2) is 0 Å². The van der Waals surface area contributed by atoms with Crippen molar-refractivity contribution in [3.63, 3.8) is 0 Å². The zero-order valence-corrected chi connectivity index (χ0v) is 16.4. The largest absolute Gasteiger partial charge is 0.353 e. The van der Waals surface area contributed by atoms with Crippen molar-refractivity contribution in [2.75, 3.05) is 31.1 Å². The number of benzene rings is 1. The number of anilines is 1. The second-order valence-corrected chi connectivity index (χ2v) is 9.28. The summed E-state index contributed by atoms with van der Waals surface area (Å²) >= 11 is 1.56. The molecule has 1 aliphatic rings. The first-order valence-electron chi connectivity index (χ1n) is 8.57. The van der Waals surface area contributed by atoms with Crippen LogP contribution >= 0.6 is 11.3 Å². The summed E-state index contributed by atoms with van der Waals surface area (Å²) in [7, 11) is -3.66. The molecule has 0 N–H and O–H groups in total. The van der Waals surface area contributed by atoms with Crippen molar-refractivity contribution in [3.8, 4) is 6.07 Å². The van der Waals surface area contributed by atoms with Gasteiger partial charge in [-0.3, -0.25) is 0 Å². The summed E-state index contributed by atoms with van der Waals surface area (Å²) in [4.78, 5) is 10.6. The Morgan fingerprint density at radius 3 is 2.68 bits per heavy atom. The summed E-state index contributed by atoms with van der Waals surface area (Å²) in [5.74, 6) is -0.287. The van der Waals surface area contributed by atoms with Gasteiger partial charge < -0.3 is 4.90 Å². The second-order valence-electron chi connectivity index (χ2n) is 6.39. The Hall–Kier alpha value is -2.61. The van der Waals surface area contributed by atoms with E-state index in [1.54, 1.807) is 11.3 Å². The van der Waals surface area contributed by atoms with Crippen LogP contribution in [0.15, 0.2) is 36.0 Å². The Morgan fingerprint density at radius 2 is 1.96 bits per heavy atom. The quantitative estimate of drug-likeness (QED) is 0.647. The van der Waals surface area contributed by atoms with Crippen LogP contribution in [0, 0.1) is 17.1 Å². The Morgan fingerprint density at radius 1 is 1.18 bits per heavy atom. The van der Waals surface area contributed by atoms with Gasteiger partial charge in [0.25, 0.3) is 0 Å². The summed E-state index contributed by atoms with van der Waals surface area (Å²) in [6, 6.07) is 7.61. The zero-order chi connectivity index (χ0) is 19.7. The van der Waals surface area contributed by atoms with Crippen LogP contribution in [-0.2, 0) is 15.8 Å². The first-order valence-corrected chi connectivity index (χ1v) is 11.1. The molecule has 0 saturated carbocycles. The molecule has 0 amide bonds. The molecule has 7 nitrogen and oxygen atoms in total. The first kappa shape index (κ1) is 18.7. The smallest absolute Gasteiger partial charge is 0.218 e. The maximum absolute atomic E-state index is 14.1. The minimum absolute atomic E-state index is 0.0672. The number of thiophene rings is 1. The van der Waals surface area contributed by atoms with Gasteiger partial charge in [-0.25, -0.2) is 22.8 Å². The number of hydrogen-bond donors (Lipinski definition) is 0. The highest BCUT2D eigenvalue weighted by molar-refractivity contribution is 7.88. The van der Waals surface area contributed by atoms with E-state index in [9.17, 15) is 12.8 Å². The van der Waals surface area contributed by atoms with Crippen molar-refractivity contribution in [1.29, 1.82) is 5.26 Å². The summed E-state index contributed by atoms with van der Waals surface area (Å²) in [5, 5.41) is 10.8. The van der Waals surface area contributed by atoms with Crippen molar-refractivity contribution in [3.05, 3.63) is 52.9 Å². The predicted octanol–water partition coefficient (Wildman–Crippen LogP) is 2.35. The van der Waals surface area contributed by atoms with E-state index in [1.165, 1.54) is 22.8 Å². The lowest BCUT2D eigenvalue weighted by molar-refractivity contribution is 0.383. The van der Waals surface area contributed by atoms with E-state index >= 15 is 0 Å². The van der Waals surface area contributed by atoms with E-state index in [0.717, 1.165) is 22.1 Å². The highest BCUT2D eigenvalue weighted by atomic mass is 32.2. The van der Waals surface area contributed by atoms with Crippen LogP contribution in [0.25, 0.3) is 10.2 Å². The SMILES string of the molecule is N#Cc1ccc(CS(=O)(=O)N2CCN(c3ncnc4ccsc34)CC2)c(F)c1. The number of sulfonamides is 1. The van der Waals surface area contributed by atoms with E-state index in [4.69, 9.17) is 5.26 Å². The summed E-state index contributed by atoms with van der Waals surface area (Å²) in [6.45, 7) is 1.60. The van der Waals surface area contributed by atoms with Crippen molar-refractivity contribution < 1.29 is 12.8 Å². The third-order valence-electron chi connectivity index (χ3n) is 4.68. The fourth-order valence-corrected chi connectivity index (χ4v) is 5.59. The molecule has 2 aromatic heterocycles. The van der Waals surface area contributed by atoms with E-state index in [1.807, 2.05) is 17.5 Å². The molecule has 0 aliphatic carbocycles. The van der Waals surface area contributed by atoms with E-state index < -0.39 is 21.6 Å². The molecule has 1 aromatic carbocycles. The minimum Gasteiger partial charge on any atom is -0.353 e. The summed E-state index contributed by atoms with van der Waals surface area (Å²) < 4.78 is 41.9. The van der Waals surface area contributed by atoms with E-state index in [2.05, 4.69) is 14.9 Å². The lowest BCUT2D eigenvalue weighted by Crippen LogP contribution is -2.49. The van der Waals surface area contributed by atoms with Crippen molar-refractivity contribution >= 4 is 37.4 Å². The monoisotopic (exact) mass is 417 g/mol. The van der Waals surface area contributed by atoms with Gasteiger partial charge in [-0.05, 0) is 23.6 Å². The Balaban J connectivity index is 1.47. The number of halogens is 1. The van der Waals surface area contributed by atoms with Gasteiger partial charge in [0, 0.05) is 31.7 Å². The first-order chi connectivity index (χ1) is 13.5. The number of nitriles is 1. The maximum Gasteiger partial charge on any atom is 0.218 e. The normalized spacial score (nSPS) is 15.6. The molecule has 10 heteroatoms. The molecule has 1 fully saturated rings. The average Bonchev–Trinajstić information content (AvgIpc) is 3.18. The molecule has 0 unspecified atom stereocenters. The third-order valence-corrected chi connectivity index (χ3v) is 7.40. The van der Waals surface area contributed by atoms with Gasteiger partial charge in [0.2, 0.25) is 10.0 Å². The van der Waals surface area contributed by atoms with E-state index in [-0.39, 0.29) is 11.1 Å². The summed E-state index contributed by atoms with van der Waals surface area (Å²) in [5.41, 5.74) is 1.11. The molecule has 0 radical (unpaired) electrons.